The molecule has 1 atom stereocenters. The molecule has 0 saturated carbocycles. The van der Waals surface area contributed by atoms with Gasteiger partial charge in [0, 0.05) is 16.1 Å². The fraction of sp³-hybridized carbons (Fsp3) is 0.129. The number of hydrogen-bond donors (Lipinski definition) is 0. The van der Waals surface area contributed by atoms with Crippen molar-refractivity contribution in [3.63, 3.8) is 0 Å². The van der Waals surface area contributed by atoms with Gasteiger partial charge < -0.3 is 9.15 Å². The van der Waals surface area contributed by atoms with Crippen molar-refractivity contribution in [2.75, 3.05) is 6.61 Å². The minimum absolute atomic E-state index is 0.224. The molecule has 194 valence electrons. The highest BCUT2D eigenvalue weighted by Gasteiger charge is 2.34. The van der Waals surface area contributed by atoms with E-state index in [-0.39, 0.29) is 12.2 Å². The summed E-state index contributed by atoms with van der Waals surface area (Å²) in [6.07, 6.45) is 1.73. The fourth-order valence-corrected chi connectivity index (χ4v) is 6.19. The number of carbonyl (C=O) groups is 1. The van der Waals surface area contributed by atoms with Crippen LogP contribution in [0.3, 0.4) is 0 Å². The maximum absolute atomic E-state index is 13.9. The number of rotatable bonds is 5. The number of benzene rings is 3. The van der Waals surface area contributed by atoms with Gasteiger partial charge in [-0.05, 0) is 54.4 Å². The van der Waals surface area contributed by atoms with E-state index in [2.05, 4.69) is 20.9 Å². The van der Waals surface area contributed by atoms with Gasteiger partial charge in [0.15, 0.2) is 4.80 Å². The standard InChI is InChI=1S/C31H23BrN2O4S/c1-3-37-30(36)27-18(2)33-31-34(28(27)24-10-6-8-19-7-4-5-9-23(19)24)29(35)26(39-31)17-22-15-16-25(38-22)20-11-13-21(32)14-12-20/h4-17,28H,3H2,1-2H3/b26-17+/t28-/m0/s1. The summed E-state index contributed by atoms with van der Waals surface area (Å²) in [4.78, 5) is 32.4. The van der Waals surface area contributed by atoms with Gasteiger partial charge in [0.05, 0.1) is 28.5 Å². The van der Waals surface area contributed by atoms with Gasteiger partial charge in [-0.15, -0.1) is 0 Å². The van der Waals surface area contributed by atoms with Crippen LogP contribution in [0.1, 0.15) is 31.2 Å². The Morgan fingerprint density at radius 2 is 1.85 bits per heavy atom. The van der Waals surface area contributed by atoms with Crippen molar-refractivity contribution in [3.05, 3.63) is 126 Å². The van der Waals surface area contributed by atoms with Crippen LogP contribution in [0.25, 0.3) is 28.2 Å². The topological polar surface area (TPSA) is 73.8 Å². The Bertz CT molecular complexity index is 1940. The summed E-state index contributed by atoms with van der Waals surface area (Å²) in [6, 6.07) is 24.7. The van der Waals surface area contributed by atoms with Gasteiger partial charge in [0.2, 0.25) is 0 Å². The van der Waals surface area contributed by atoms with Crippen LogP contribution in [0, 0.1) is 0 Å². The molecule has 0 saturated heterocycles. The van der Waals surface area contributed by atoms with E-state index < -0.39 is 12.0 Å². The smallest absolute Gasteiger partial charge is 0.338 e. The quantitative estimate of drug-likeness (QED) is 0.233. The number of nitrogens with zero attached hydrogens (tertiary/aromatic N) is 2. The van der Waals surface area contributed by atoms with Gasteiger partial charge in [0.1, 0.15) is 11.5 Å². The number of allylic oxidation sites excluding steroid dienone is 1. The third-order valence-corrected chi connectivity index (χ3v) is 8.18. The number of carbonyl (C=O) groups excluding carboxylic acids is 1. The van der Waals surface area contributed by atoms with Crippen LogP contribution < -0.4 is 14.9 Å². The third kappa shape index (κ3) is 4.60. The summed E-state index contributed by atoms with van der Waals surface area (Å²) < 4.78 is 14.5. The summed E-state index contributed by atoms with van der Waals surface area (Å²) in [5, 5.41) is 1.98. The normalized spacial score (nSPS) is 15.4. The van der Waals surface area contributed by atoms with E-state index >= 15 is 0 Å². The van der Waals surface area contributed by atoms with Gasteiger partial charge in [-0.1, -0.05) is 81.9 Å². The number of hydrogen-bond acceptors (Lipinski definition) is 6. The van der Waals surface area contributed by atoms with Crippen LogP contribution >= 0.6 is 27.3 Å². The number of furan rings is 1. The lowest BCUT2D eigenvalue weighted by molar-refractivity contribution is -0.139. The SMILES string of the molecule is CCOC(=O)C1=C(C)N=c2s/c(=C/c3ccc(-c4ccc(Br)cc4)o3)c(=O)n2[C@H]1c1cccc2ccccc12. The zero-order valence-electron chi connectivity index (χ0n) is 21.2. The first kappa shape index (κ1) is 25.3. The molecule has 1 aliphatic rings. The van der Waals surface area contributed by atoms with E-state index in [9.17, 15) is 9.59 Å². The number of esters is 1. The number of thiazole rings is 1. The molecule has 0 radical (unpaired) electrons. The molecule has 3 aromatic carbocycles. The minimum Gasteiger partial charge on any atom is -0.463 e. The molecule has 1 aliphatic heterocycles. The van der Waals surface area contributed by atoms with Crippen molar-refractivity contribution in [1.29, 1.82) is 0 Å². The number of halogens is 1. The molecule has 0 fully saturated rings. The van der Waals surface area contributed by atoms with Crippen molar-refractivity contribution in [1.82, 2.24) is 4.57 Å². The Balaban J connectivity index is 1.53. The molecule has 6 rings (SSSR count). The summed E-state index contributed by atoms with van der Waals surface area (Å²) in [7, 11) is 0. The molecule has 0 unspecified atom stereocenters. The maximum Gasteiger partial charge on any atom is 0.338 e. The van der Waals surface area contributed by atoms with Gasteiger partial charge >= 0.3 is 5.97 Å². The van der Waals surface area contributed by atoms with Gasteiger partial charge in [0.25, 0.3) is 5.56 Å². The Kier molecular flexibility index (Phi) is 6.66. The highest BCUT2D eigenvalue weighted by Crippen LogP contribution is 2.35. The highest BCUT2D eigenvalue weighted by molar-refractivity contribution is 9.10. The molecule has 0 spiro atoms. The van der Waals surface area contributed by atoms with E-state index in [4.69, 9.17) is 9.15 Å². The largest absolute Gasteiger partial charge is 0.463 e. The van der Waals surface area contributed by atoms with Crippen LogP contribution in [0.4, 0.5) is 0 Å². The van der Waals surface area contributed by atoms with Crippen molar-refractivity contribution < 1.29 is 13.9 Å². The first-order chi connectivity index (χ1) is 18.9. The molecular formula is C31H23BrN2O4S. The molecule has 39 heavy (non-hydrogen) atoms. The summed E-state index contributed by atoms with van der Waals surface area (Å²) in [6.45, 7) is 3.78. The molecule has 0 aliphatic carbocycles. The van der Waals surface area contributed by atoms with E-state index in [0.29, 0.717) is 32.1 Å². The fourth-order valence-electron chi connectivity index (χ4n) is 4.90. The highest BCUT2D eigenvalue weighted by atomic mass is 79.9. The Hall–Kier alpha value is -4.01. The van der Waals surface area contributed by atoms with Gasteiger partial charge in [-0.2, -0.15) is 0 Å². The molecule has 6 nitrogen and oxygen atoms in total. The molecule has 2 aromatic heterocycles. The second kappa shape index (κ2) is 10.3. The molecule has 0 bridgehead atoms. The van der Waals surface area contributed by atoms with E-state index in [1.165, 1.54) is 11.3 Å². The monoisotopic (exact) mass is 598 g/mol. The second-order valence-electron chi connectivity index (χ2n) is 9.08. The minimum atomic E-state index is -0.677. The number of fused-ring (bicyclic) bond motifs is 2. The van der Waals surface area contributed by atoms with Gasteiger partial charge in [-0.25, -0.2) is 9.79 Å². The summed E-state index contributed by atoms with van der Waals surface area (Å²) in [5.74, 6) is 0.785. The number of aromatic nitrogens is 1. The lowest BCUT2D eigenvalue weighted by Gasteiger charge is -2.25. The van der Waals surface area contributed by atoms with Crippen LogP contribution in [0.15, 0.2) is 109 Å². The van der Waals surface area contributed by atoms with Crippen molar-refractivity contribution >= 4 is 50.1 Å². The lowest BCUT2D eigenvalue weighted by atomic mass is 9.91. The second-order valence-corrected chi connectivity index (χ2v) is 11.0. The van der Waals surface area contributed by atoms with E-state index in [0.717, 1.165) is 26.4 Å². The molecule has 5 aromatic rings. The van der Waals surface area contributed by atoms with Crippen LogP contribution in [-0.4, -0.2) is 17.1 Å². The molecule has 0 N–H and O–H groups in total. The first-order valence-corrected chi connectivity index (χ1v) is 14.1. The molecular weight excluding hydrogens is 576 g/mol. The maximum atomic E-state index is 13.9. The van der Waals surface area contributed by atoms with E-state index in [1.807, 2.05) is 78.9 Å². The average Bonchev–Trinajstić information content (AvgIpc) is 3.52. The molecule has 3 heterocycles. The van der Waals surface area contributed by atoms with Gasteiger partial charge in [-0.3, -0.25) is 9.36 Å². The Morgan fingerprint density at radius 3 is 2.64 bits per heavy atom. The lowest BCUT2D eigenvalue weighted by Crippen LogP contribution is -2.40. The average molecular weight is 600 g/mol. The van der Waals surface area contributed by atoms with Crippen LogP contribution in [0.5, 0.6) is 0 Å². The Morgan fingerprint density at radius 1 is 1.08 bits per heavy atom. The van der Waals surface area contributed by atoms with Crippen molar-refractivity contribution in [2.45, 2.75) is 19.9 Å². The number of ether oxygens (including phenoxy) is 1. The van der Waals surface area contributed by atoms with E-state index in [1.54, 1.807) is 24.5 Å². The summed E-state index contributed by atoms with van der Waals surface area (Å²) >= 11 is 4.72. The Labute approximate surface area is 236 Å². The third-order valence-electron chi connectivity index (χ3n) is 6.66. The summed E-state index contributed by atoms with van der Waals surface area (Å²) in [5.41, 5.74) is 2.43. The zero-order chi connectivity index (χ0) is 27.1. The predicted octanol–water partition coefficient (Wildman–Crippen LogP) is 5.97. The predicted molar refractivity (Wildman–Crippen MR) is 156 cm³/mol. The zero-order valence-corrected chi connectivity index (χ0v) is 23.6. The van der Waals surface area contributed by atoms with Crippen molar-refractivity contribution in [2.24, 2.45) is 4.99 Å². The van der Waals surface area contributed by atoms with Crippen molar-refractivity contribution in [3.8, 4) is 11.3 Å². The van der Waals surface area contributed by atoms with Crippen LogP contribution in [0.2, 0.25) is 0 Å². The van der Waals surface area contributed by atoms with Crippen LogP contribution in [-0.2, 0) is 9.53 Å². The molecule has 8 heteroatoms. The molecule has 0 amide bonds. The first-order valence-electron chi connectivity index (χ1n) is 12.5.